The maximum absolute atomic E-state index is 11.9. The molecule has 0 heterocycles. The van der Waals surface area contributed by atoms with Gasteiger partial charge < -0.3 is 20.7 Å². The summed E-state index contributed by atoms with van der Waals surface area (Å²) < 4.78 is 5.92. The second-order valence-electron chi connectivity index (χ2n) is 6.65. The number of amides is 3. The molecule has 0 radical (unpaired) electrons. The number of benzene rings is 1. The first-order chi connectivity index (χ1) is 12.2. The number of carbonyl (C=O) groups excluding carboxylic acids is 3. The van der Waals surface area contributed by atoms with Gasteiger partial charge >= 0.3 is 6.09 Å². The first-order valence-corrected chi connectivity index (χ1v) is 9.24. The van der Waals surface area contributed by atoms with Gasteiger partial charge in [0.2, 0.25) is 5.91 Å². The van der Waals surface area contributed by atoms with Gasteiger partial charge in [0.1, 0.15) is 5.60 Å². The minimum absolute atomic E-state index is 0.154. The highest BCUT2D eigenvalue weighted by atomic mass is 79.9. The largest absolute Gasteiger partial charge is 0.444 e. The summed E-state index contributed by atoms with van der Waals surface area (Å²) in [5.41, 5.74) is 0.0173. The summed E-state index contributed by atoms with van der Waals surface area (Å²) in [5.74, 6) is -0.321. The van der Waals surface area contributed by atoms with E-state index in [0.29, 0.717) is 25.1 Å². The van der Waals surface area contributed by atoms with Crippen molar-refractivity contribution in [3.63, 3.8) is 0 Å². The Kier molecular flexibility index (Phi) is 9.12. The molecule has 0 aromatic heterocycles. The molecule has 3 N–H and O–H groups in total. The van der Waals surface area contributed by atoms with Crippen LogP contribution in [0.25, 0.3) is 0 Å². The lowest BCUT2D eigenvalue weighted by Crippen LogP contribution is -2.35. The van der Waals surface area contributed by atoms with Crippen LogP contribution in [0.2, 0.25) is 0 Å². The van der Waals surface area contributed by atoms with Crippen LogP contribution in [0.1, 0.15) is 44.0 Å². The maximum atomic E-state index is 11.9. The second kappa shape index (κ2) is 10.8. The fourth-order valence-electron chi connectivity index (χ4n) is 1.93. The molecular formula is C18H26BrN3O4. The van der Waals surface area contributed by atoms with Gasteiger partial charge in [0.05, 0.1) is 0 Å². The number of hydrogen-bond donors (Lipinski definition) is 3. The summed E-state index contributed by atoms with van der Waals surface area (Å²) in [6, 6.07) is 7.13. The SMILES string of the molecule is CC(C)(C)OC(=O)NCCC(=O)NCCCNC(=O)c1cccc(Br)c1. The summed E-state index contributed by atoms with van der Waals surface area (Å²) in [4.78, 5) is 35.0. The number of ether oxygens (including phenoxy) is 1. The molecule has 0 atom stereocenters. The normalized spacial score (nSPS) is 10.8. The minimum Gasteiger partial charge on any atom is -0.444 e. The number of halogens is 1. The Morgan fingerprint density at radius 3 is 2.38 bits per heavy atom. The third kappa shape index (κ3) is 10.0. The summed E-state index contributed by atoms with van der Waals surface area (Å²) >= 11 is 3.32. The third-order valence-electron chi connectivity index (χ3n) is 3.07. The van der Waals surface area contributed by atoms with Crippen LogP contribution in [-0.4, -0.2) is 43.1 Å². The van der Waals surface area contributed by atoms with E-state index in [1.807, 2.05) is 6.07 Å². The molecule has 0 saturated carbocycles. The van der Waals surface area contributed by atoms with Crippen LogP contribution in [-0.2, 0) is 9.53 Å². The Hall–Kier alpha value is -2.09. The van der Waals surface area contributed by atoms with Gasteiger partial charge in [-0.15, -0.1) is 0 Å². The topological polar surface area (TPSA) is 96.5 Å². The van der Waals surface area contributed by atoms with Gasteiger partial charge in [0, 0.05) is 36.1 Å². The lowest BCUT2D eigenvalue weighted by atomic mass is 10.2. The van der Waals surface area contributed by atoms with E-state index in [1.54, 1.807) is 39.0 Å². The molecule has 0 spiro atoms. The molecule has 0 unspecified atom stereocenters. The van der Waals surface area contributed by atoms with Crippen molar-refractivity contribution >= 4 is 33.8 Å². The number of alkyl carbamates (subject to hydrolysis) is 1. The van der Waals surface area contributed by atoms with Crippen molar-refractivity contribution < 1.29 is 19.1 Å². The molecule has 26 heavy (non-hydrogen) atoms. The van der Waals surface area contributed by atoms with Crippen LogP contribution in [0.5, 0.6) is 0 Å². The van der Waals surface area contributed by atoms with Crippen LogP contribution in [0, 0.1) is 0 Å². The molecule has 0 aliphatic heterocycles. The van der Waals surface area contributed by atoms with E-state index in [4.69, 9.17) is 4.74 Å². The quantitative estimate of drug-likeness (QED) is 0.555. The summed E-state index contributed by atoms with van der Waals surface area (Å²) in [7, 11) is 0. The fraction of sp³-hybridized carbons (Fsp3) is 0.500. The predicted octanol–water partition coefficient (Wildman–Crippen LogP) is 2.60. The molecule has 144 valence electrons. The van der Waals surface area contributed by atoms with Crippen molar-refractivity contribution in [3.05, 3.63) is 34.3 Å². The van der Waals surface area contributed by atoms with Crippen molar-refractivity contribution in [1.82, 2.24) is 16.0 Å². The predicted molar refractivity (Wildman–Crippen MR) is 103 cm³/mol. The third-order valence-corrected chi connectivity index (χ3v) is 3.56. The maximum Gasteiger partial charge on any atom is 0.407 e. The van der Waals surface area contributed by atoms with Gasteiger partial charge in [-0.25, -0.2) is 4.79 Å². The Bertz CT molecular complexity index is 629. The fourth-order valence-corrected chi connectivity index (χ4v) is 2.33. The van der Waals surface area contributed by atoms with Crippen LogP contribution in [0.3, 0.4) is 0 Å². The smallest absolute Gasteiger partial charge is 0.407 e. The Morgan fingerprint density at radius 2 is 1.73 bits per heavy atom. The molecule has 7 nitrogen and oxygen atoms in total. The minimum atomic E-state index is -0.563. The molecule has 1 rings (SSSR count). The van der Waals surface area contributed by atoms with Crippen LogP contribution >= 0.6 is 15.9 Å². The second-order valence-corrected chi connectivity index (χ2v) is 7.56. The molecule has 0 fully saturated rings. The summed E-state index contributed by atoms with van der Waals surface area (Å²) in [6.45, 7) is 6.43. The standard InChI is InChI=1S/C18H26BrN3O4/c1-18(2,3)26-17(25)22-11-8-15(23)20-9-5-10-21-16(24)13-6-4-7-14(19)12-13/h4,6-7,12H,5,8-11H2,1-3H3,(H,20,23)(H,21,24)(H,22,25). The summed E-state index contributed by atoms with van der Waals surface area (Å²) in [5, 5.41) is 8.06. The van der Waals surface area contributed by atoms with Crippen molar-refractivity contribution in [2.45, 2.75) is 39.2 Å². The summed E-state index contributed by atoms with van der Waals surface area (Å²) in [6.07, 6.45) is 0.245. The first-order valence-electron chi connectivity index (χ1n) is 8.45. The van der Waals surface area contributed by atoms with Gasteiger partial charge in [-0.05, 0) is 45.4 Å². The van der Waals surface area contributed by atoms with Crippen LogP contribution < -0.4 is 16.0 Å². The average molecular weight is 428 g/mol. The molecule has 1 aromatic rings. The van der Waals surface area contributed by atoms with E-state index < -0.39 is 11.7 Å². The zero-order valence-corrected chi connectivity index (χ0v) is 16.9. The highest BCUT2D eigenvalue weighted by Gasteiger charge is 2.15. The average Bonchev–Trinajstić information content (AvgIpc) is 2.52. The number of nitrogens with one attached hydrogen (secondary N) is 3. The molecule has 3 amide bonds. The van der Waals surface area contributed by atoms with Crippen molar-refractivity contribution in [2.75, 3.05) is 19.6 Å². The van der Waals surface area contributed by atoms with E-state index in [1.165, 1.54) is 0 Å². The zero-order valence-electron chi connectivity index (χ0n) is 15.4. The highest BCUT2D eigenvalue weighted by Crippen LogP contribution is 2.11. The first kappa shape index (κ1) is 22.0. The molecule has 0 bridgehead atoms. The lowest BCUT2D eigenvalue weighted by molar-refractivity contribution is -0.120. The lowest BCUT2D eigenvalue weighted by Gasteiger charge is -2.19. The van der Waals surface area contributed by atoms with E-state index in [0.717, 1.165) is 4.47 Å². The molecule has 0 saturated heterocycles. The molecule has 0 aliphatic carbocycles. The molecule has 0 aliphatic rings. The van der Waals surface area contributed by atoms with Gasteiger partial charge in [-0.2, -0.15) is 0 Å². The number of rotatable bonds is 8. The van der Waals surface area contributed by atoms with Crippen LogP contribution in [0.4, 0.5) is 4.79 Å². The Balaban J connectivity index is 2.09. The Labute approximate surface area is 162 Å². The highest BCUT2D eigenvalue weighted by molar-refractivity contribution is 9.10. The van der Waals surface area contributed by atoms with E-state index in [-0.39, 0.29) is 24.8 Å². The monoisotopic (exact) mass is 427 g/mol. The van der Waals surface area contributed by atoms with Crippen molar-refractivity contribution in [2.24, 2.45) is 0 Å². The number of carbonyl (C=O) groups is 3. The van der Waals surface area contributed by atoms with Gasteiger partial charge in [0.25, 0.3) is 5.91 Å². The number of hydrogen-bond acceptors (Lipinski definition) is 4. The van der Waals surface area contributed by atoms with E-state index in [2.05, 4.69) is 31.9 Å². The van der Waals surface area contributed by atoms with Gasteiger partial charge in [-0.1, -0.05) is 22.0 Å². The molecule has 1 aromatic carbocycles. The Morgan fingerprint density at radius 1 is 1.04 bits per heavy atom. The van der Waals surface area contributed by atoms with E-state index in [9.17, 15) is 14.4 Å². The van der Waals surface area contributed by atoms with Crippen LogP contribution in [0.15, 0.2) is 28.7 Å². The van der Waals surface area contributed by atoms with Gasteiger partial charge in [-0.3, -0.25) is 9.59 Å². The van der Waals surface area contributed by atoms with E-state index >= 15 is 0 Å². The molecule has 8 heteroatoms. The van der Waals surface area contributed by atoms with Crippen molar-refractivity contribution in [1.29, 1.82) is 0 Å². The van der Waals surface area contributed by atoms with Crippen molar-refractivity contribution in [3.8, 4) is 0 Å². The molecular weight excluding hydrogens is 402 g/mol. The van der Waals surface area contributed by atoms with Gasteiger partial charge in [0.15, 0.2) is 0 Å². The zero-order chi connectivity index (χ0) is 19.6.